The van der Waals surface area contributed by atoms with Crippen molar-refractivity contribution in [2.45, 2.75) is 25.4 Å². The molecule has 1 fully saturated rings. The number of urea groups is 1. The average molecular weight is 215 g/mol. The van der Waals surface area contributed by atoms with Gasteiger partial charge in [0.25, 0.3) is 0 Å². The van der Waals surface area contributed by atoms with Gasteiger partial charge < -0.3 is 20.6 Å². The van der Waals surface area contributed by atoms with E-state index < -0.39 is 5.60 Å². The molecular formula is C10H21N3O2. The minimum Gasteiger partial charge on any atom is -0.390 e. The Bertz CT molecular complexity index is 209. The van der Waals surface area contributed by atoms with Crippen molar-refractivity contribution in [2.24, 2.45) is 0 Å². The van der Waals surface area contributed by atoms with E-state index in [-0.39, 0.29) is 6.03 Å². The molecule has 15 heavy (non-hydrogen) atoms. The second-order valence-electron chi connectivity index (χ2n) is 4.34. The molecule has 0 radical (unpaired) electrons. The van der Waals surface area contributed by atoms with Crippen LogP contribution in [0.15, 0.2) is 0 Å². The quantitative estimate of drug-likeness (QED) is 0.609. The highest BCUT2D eigenvalue weighted by atomic mass is 16.3. The summed E-state index contributed by atoms with van der Waals surface area (Å²) in [6.07, 6.45) is 1.62. The van der Waals surface area contributed by atoms with E-state index in [1.54, 1.807) is 7.05 Å². The highest BCUT2D eigenvalue weighted by Gasteiger charge is 2.26. The topological polar surface area (TPSA) is 64.6 Å². The van der Waals surface area contributed by atoms with Gasteiger partial charge in [0.05, 0.1) is 5.60 Å². The van der Waals surface area contributed by atoms with Crippen molar-refractivity contribution in [3.05, 3.63) is 0 Å². The SMILES string of the molecule is CNC(=O)NCCN1CCC(C)(O)CC1. The number of carbonyl (C=O) groups is 1. The Kier molecular flexibility index (Phi) is 4.35. The van der Waals surface area contributed by atoms with Crippen LogP contribution in [0.2, 0.25) is 0 Å². The molecule has 0 aromatic rings. The lowest BCUT2D eigenvalue weighted by Crippen LogP contribution is -2.45. The molecule has 1 heterocycles. The van der Waals surface area contributed by atoms with Crippen LogP contribution in [0.25, 0.3) is 0 Å². The van der Waals surface area contributed by atoms with Gasteiger partial charge in [0.2, 0.25) is 0 Å². The first-order valence-corrected chi connectivity index (χ1v) is 5.44. The van der Waals surface area contributed by atoms with Gasteiger partial charge >= 0.3 is 6.03 Å². The molecule has 1 saturated heterocycles. The molecule has 3 N–H and O–H groups in total. The van der Waals surface area contributed by atoms with Crippen molar-refractivity contribution in [2.75, 3.05) is 33.2 Å². The zero-order valence-electron chi connectivity index (χ0n) is 9.55. The Morgan fingerprint density at radius 1 is 1.47 bits per heavy atom. The Labute approximate surface area is 90.8 Å². The molecule has 0 aliphatic carbocycles. The van der Waals surface area contributed by atoms with Crippen LogP contribution < -0.4 is 10.6 Å². The molecule has 0 atom stereocenters. The van der Waals surface area contributed by atoms with Crippen molar-refractivity contribution >= 4 is 6.03 Å². The van der Waals surface area contributed by atoms with E-state index in [4.69, 9.17) is 0 Å². The molecule has 1 rings (SSSR count). The number of piperidine rings is 1. The van der Waals surface area contributed by atoms with Crippen LogP contribution in [-0.4, -0.2) is 54.9 Å². The summed E-state index contributed by atoms with van der Waals surface area (Å²) >= 11 is 0. The fraction of sp³-hybridized carbons (Fsp3) is 0.900. The molecule has 0 aromatic heterocycles. The number of hydrogen-bond donors (Lipinski definition) is 3. The summed E-state index contributed by atoms with van der Waals surface area (Å²) in [5.41, 5.74) is -0.495. The molecule has 5 heteroatoms. The van der Waals surface area contributed by atoms with Gasteiger partial charge in [0, 0.05) is 33.2 Å². The first-order valence-electron chi connectivity index (χ1n) is 5.44. The predicted octanol–water partition coefficient (Wildman–Crippen LogP) is -0.238. The Hall–Kier alpha value is -0.810. The fourth-order valence-electron chi connectivity index (χ4n) is 1.67. The third-order valence-electron chi connectivity index (χ3n) is 2.87. The minimum atomic E-state index is -0.495. The van der Waals surface area contributed by atoms with Crippen LogP contribution in [0.5, 0.6) is 0 Å². The average Bonchev–Trinajstić information content (AvgIpc) is 2.20. The smallest absolute Gasteiger partial charge is 0.314 e. The van der Waals surface area contributed by atoms with Crippen molar-refractivity contribution < 1.29 is 9.90 Å². The lowest BCUT2D eigenvalue weighted by Gasteiger charge is -2.35. The van der Waals surface area contributed by atoms with Gasteiger partial charge in [-0.05, 0) is 19.8 Å². The number of nitrogens with one attached hydrogen (secondary N) is 2. The van der Waals surface area contributed by atoms with E-state index in [0.29, 0.717) is 6.54 Å². The number of aliphatic hydroxyl groups is 1. The standard InChI is InChI=1S/C10H21N3O2/c1-10(15)3-6-13(7-4-10)8-5-12-9(14)11-2/h15H,3-8H2,1-2H3,(H2,11,12,14). The summed E-state index contributed by atoms with van der Waals surface area (Å²) in [7, 11) is 1.60. The fourth-order valence-corrected chi connectivity index (χ4v) is 1.67. The maximum Gasteiger partial charge on any atom is 0.314 e. The zero-order chi connectivity index (χ0) is 11.3. The van der Waals surface area contributed by atoms with E-state index in [1.165, 1.54) is 0 Å². The monoisotopic (exact) mass is 215 g/mol. The maximum absolute atomic E-state index is 10.9. The predicted molar refractivity (Wildman–Crippen MR) is 58.8 cm³/mol. The van der Waals surface area contributed by atoms with Crippen LogP contribution >= 0.6 is 0 Å². The molecule has 0 saturated carbocycles. The maximum atomic E-state index is 10.9. The van der Waals surface area contributed by atoms with Crippen LogP contribution in [0.3, 0.4) is 0 Å². The van der Waals surface area contributed by atoms with Crippen molar-refractivity contribution in [1.29, 1.82) is 0 Å². The summed E-state index contributed by atoms with van der Waals surface area (Å²) in [5.74, 6) is 0. The van der Waals surface area contributed by atoms with Gasteiger partial charge in [-0.25, -0.2) is 4.79 Å². The molecule has 0 unspecified atom stereocenters. The van der Waals surface area contributed by atoms with E-state index in [0.717, 1.165) is 32.5 Å². The third-order valence-corrected chi connectivity index (χ3v) is 2.87. The molecule has 88 valence electrons. The second kappa shape index (κ2) is 5.32. The van der Waals surface area contributed by atoms with Crippen LogP contribution in [0.4, 0.5) is 4.79 Å². The van der Waals surface area contributed by atoms with E-state index in [1.807, 2.05) is 6.92 Å². The zero-order valence-corrected chi connectivity index (χ0v) is 9.55. The highest BCUT2D eigenvalue weighted by molar-refractivity contribution is 5.73. The van der Waals surface area contributed by atoms with Gasteiger partial charge in [-0.15, -0.1) is 0 Å². The third kappa shape index (κ3) is 4.48. The molecule has 1 aliphatic rings. The molecule has 1 aliphatic heterocycles. The summed E-state index contributed by atoms with van der Waals surface area (Å²) < 4.78 is 0. The summed E-state index contributed by atoms with van der Waals surface area (Å²) in [4.78, 5) is 13.1. The first kappa shape index (κ1) is 12.3. The van der Waals surface area contributed by atoms with Gasteiger partial charge in [-0.1, -0.05) is 0 Å². The normalized spacial score (nSPS) is 21.0. The van der Waals surface area contributed by atoms with E-state index in [2.05, 4.69) is 15.5 Å². The van der Waals surface area contributed by atoms with Crippen LogP contribution in [0.1, 0.15) is 19.8 Å². The van der Waals surface area contributed by atoms with Crippen LogP contribution in [0, 0.1) is 0 Å². The number of rotatable bonds is 3. The summed E-state index contributed by atoms with van der Waals surface area (Å²) in [6, 6.07) is -0.140. The van der Waals surface area contributed by atoms with Crippen molar-refractivity contribution in [3.63, 3.8) is 0 Å². The molecule has 0 bridgehead atoms. The van der Waals surface area contributed by atoms with Gasteiger partial charge in [0.1, 0.15) is 0 Å². The Balaban J connectivity index is 2.11. The number of hydrogen-bond acceptors (Lipinski definition) is 3. The molecule has 0 aromatic carbocycles. The van der Waals surface area contributed by atoms with Crippen molar-refractivity contribution in [3.8, 4) is 0 Å². The van der Waals surface area contributed by atoms with E-state index >= 15 is 0 Å². The number of nitrogens with zero attached hydrogens (tertiary/aromatic N) is 1. The lowest BCUT2D eigenvalue weighted by atomic mass is 9.94. The summed E-state index contributed by atoms with van der Waals surface area (Å²) in [5, 5.41) is 15.0. The number of amides is 2. The Morgan fingerprint density at radius 3 is 2.60 bits per heavy atom. The Morgan fingerprint density at radius 2 is 2.07 bits per heavy atom. The molecule has 5 nitrogen and oxygen atoms in total. The van der Waals surface area contributed by atoms with Gasteiger partial charge in [-0.2, -0.15) is 0 Å². The van der Waals surface area contributed by atoms with Gasteiger partial charge in [-0.3, -0.25) is 0 Å². The van der Waals surface area contributed by atoms with E-state index in [9.17, 15) is 9.90 Å². The molecule has 0 spiro atoms. The second-order valence-corrected chi connectivity index (χ2v) is 4.34. The van der Waals surface area contributed by atoms with Crippen molar-refractivity contribution in [1.82, 2.24) is 15.5 Å². The minimum absolute atomic E-state index is 0.140. The molecule has 2 amide bonds. The van der Waals surface area contributed by atoms with Gasteiger partial charge in [0.15, 0.2) is 0 Å². The first-order chi connectivity index (χ1) is 7.03. The number of carbonyl (C=O) groups excluding carboxylic acids is 1. The largest absolute Gasteiger partial charge is 0.390 e. The number of likely N-dealkylation sites (tertiary alicyclic amines) is 1. The molecular weight excluding hydrogens is 194 g/mol. The lowest BCUT2D eigenvalue weighted by molar-refractivity contribution is -0.00477. The highest BCUT2D eigenvalue weighted by Crippen LogP contribution is 2.20. The van der Waals surface area contributed by atoms with Crippen LogP contribution in [-0.2, 0) is 0 Å². The summed E-state index contributed by atoms with van der Waals surface area (Å²) in [6.45, 7) is 5.20.